The minimum absolute atomic E-state index is 0.0292. The van der Waals surface area contributed by atoms with Crippen molar-refractivity contribution in [1.29, 1.82) is 0 Å². The molecule has 104 valence electrons. The molecule has 1 amide bonds. The lowest BCUT2D eigenvalue weighted by Crippen LogP contribution is -2.40. The van der Waals surface area contributed by atoms with Crippen molar-refractivity contribution in [2.24, 2.45) is 11.7 Å². The molecule has 0 radical (unpaired) electrons. The van der Waals surface area contributed by atoms with Crippen molar-refractivity contribution < 1.29 is 13.9 Å². The summed E-state index contributed by atoms with van der Waals surface area (Å²) >= 11 is 3.17. The molecular weight excluding hydrogens is 315 g/mol. The molecule has 0 saturated heterocycles. The van der Waals surface area contributed by atoms with Crippen LogP contribution < -0.4 is 15.8 Å². The second kappa shape index (κ2) is 6.34. The summed E-state index contributed by atoms with van der Waals surface area (Å²) in [6, 6.07) is 4.07. The Balaban J connectivity index is 1.73. The Morgan fingerprint density at radius 1 is 1.58 bits per heavy atom. The number of amides is 1. The van der Waals surface area contributed by atoms with E-state index in [-0.39, 0.29) is 24.4 Å². The molecule has 1 saturated carbocycles. The molecule has 3 N–H and O–H groups in total. The van der Waals surface area contributed by atoms with Gasteiger partial charge in [-0.1, -0.05) is 0 Å². The summed E-state index contributed by atoms with van der Waals surface area (Å²) in [6.45, 7) is 0.360. The van der Waals surface area contributed by atoms with Gasteiger partial charge in [-0.2, -0.15) is 0 Å². The van der Waals surface area contributed by atoms with Crippen LogP contribution in [0.25, 0.3) is 0 Å². The van der Waals surface area contributed by atoms with Crippen LogP contribution in [0.15, 0.2) is 22.7 Å². The Labute approximate surface area is 119 Å². The Morgan fingerprint density at radius 3 is 2.95 bits per heavy atom. The summed E-state index contributed by atoms with van der Waals surface area (Å²) in [7, 11) is 0. The first-order valence-corrected chi connectivity index (χ1v) is 6.95. The molecule has 4 nitrogen and oxygen atoms in total. The van der Waals surface area contributed by atoms with Gasteiger partial charge in [-0.15, -0.1) is 0 Å². The van der Waals surface area contributed by atoms with Gasteiger partial charge in [-0.25, -0.2) is 4.39 Å². The summed E-state index contributed by atoms with van der Waals surface area (Å²) in [5.74, 6) is 0.391. The molecule has 1 atom stereocenters. The van der Waals surface area contributed by atoms with Crippen LogP contribution in [0.1, 0.15) is 12.8 Å². The topological polar surface area (TPSA) is 64.3 Å². The number of carbonyl (C=O) groups excluding carboxylic acids is 1. The van der Waals surface area contributed by atoms with Crippen molar-refractivity contribution in [2.75, 3.05) is 13.2 Å². The van der Waals surface area contributed by atoms with Crippen LogP contribution in [0, 0.1) is 11.7 Å². The highest BCUT2D eigenvalue weighted by atomic mass is 79.9. The normalized spacial score (nSPS) is 15.9. The SMILES string of the molecule is NC(CNC(=O)COc1ccc(F)cc1Br)C1CC1. The van der Waals surface area contributed by atoms with Crippen molar-refractivity contribution in [3.63, 3.8) is 0 Å². The third-order valence-electron chi connectivity index (χ3n) is 3.02. The first kappa shape index (κ1) is 14.3. The summed E-state index contributed by atoms with van der Waals surface area (Å²) in [6.07, 6.45) is 2.30. The molecule has 1 fully saturated rings. The lowest BCUT2D eigenvalue weighted by atomic mass is 10.2. The van der Waals surface area contributed by atoms with Crippen LogP contribution in [0.2, 0.25) is 0 Å². The first-order chi connectivity index (χ1) is 9.06. The van der Waals surface area contributed by atoms with Gasteiger partial charge in [0.2, 0.25) is 0 Å². The van der Waals surface area contributed by atoms with Crippen molar-refractivity contribution in [1.82, 2.24) is 5.32 Å². The number of benzene rings is 1. The van der Waals surface area contributed by atoms with Gasteiger partial charge in [0.25, 0.3) is 5.91 Å². The summed E-state index contributed by atoms with van der Waals surface area (Å²) in [5, 5.41) is 2.73. The van der Waals surface area contributed by atoms with Gasteiger partial charge < -0.3 is 15.8 Å². The fourth-order valence-corrected chi connectivity index (χ4v) is 2.17. The predicted molar refractivity (Wildman–Crippen MR) is 73.3 cm³/mol. The van der Waals surface area contributed by atoms with Gasteiger partial charge >= 0.3 is 0 Å². The first-order valence-electron chi connectivity index (χ1n) is 6.16. The maximum absolute atomic E-state index is 12.9. The molecular formula is C13H16BrFN2O2. The maximum atomic E-state index is 12.9. The Kier molecular flexibility index (Phi) is 4.76. The smallest absolute Gasteiger partial charge is 0.257 e. The van der Waals surface area contributed by atoms with E-state index < -0.39 is 0 Å². The Morgan fingerprint density at radius 2 is 2.32 bits per heavy atom. The highest BCUT2D eigenvalue weighted by Crippen LogP contribution is 2.31. The largest absolute Gasteiger partial charge is 0.483 e. The van der Waals surface area contributed by atoms with Crippen molar-refractivity contribution in [2.45, 2.75) is 18.9 Å². The molecule has 6 heteroatoms. The van der Waals surface area contributed by atoms with E-state index in [1.807, 2.05) is 0 Å². The maximum Gasteiger partial charge on any atom is 0.257 e. The molecule has 19 heavy (non-hydrogen) atoms. The van der Waals surface area contributed by atoms with E-state index in [4.69, 9.17) is 10.5 Å². The lowest BCUT2D eigenvalue weighted by molar-refractivity contribution is -0.123. The molecule has 0 aromatic heterocycles. The molecule has 1 aromatic rings. The second-order valence-corrected chi connectivity index (χ2v) is 5.52. The Hall–Kier alpha value is -1.14. The summed E-state index contributed by atoms with van der Waals surface area (Å²) in [4.78, 5) is 11.6. The van der Waals surface area contributed by atoms with Crippen LogP contribution in [-0.2, 0) is 4.79 Å². The van der Waals surface area contributed by atoms with E-state index >= 15 is 0 Å². The molecule has 0 bridgehead atoms. The van der Waals surface area contributed by atoms with Crippen LogP contribution in [-0.4, -0.2) is 25.1 Å². The van der Waals surface area contributed by atoms with Crippen molar-refractivity contribution in [3.8, 4) is 5.75 Å². The monoisotopic (exact) mass is 330 g/mol. The van der Waals surface area contributed by atoms with Crippen LogP contribution in [0.4, 0.5) is 4.39 Å². The van der Waals surface area contributed by atoms with E-state index in [1.165, 1.54) is 18.2 Å². The van der Waals surface area contributed by atoms with E-state index in [0.717, 1.165) is 12.8 Å². The number of rotatable bonds is 6. The van der Waals surface area contributed by atoms with Crippen molar-refractivity contribution in [3.05, 3.63) is 28.5 Å². The Bertz CT molecular complexity index is 466. The third kappa shape index (κ3) is 4.47. The number of hydrogen-bond acceptors (Lipinski definition) is 3. The summed E-state index contributed by atoms with van der Waals surface area (Å²) in [5.41, 5.74) is 5.87. The van der Waals surface area contributed by atoms with Gasteiger partial charge in [0, 0.05) is 12.6 Å². The zero-order valence-electron chi connectivity index (χ0n) is 10.4. The molecule has 0 spiro atoms. The van der Waals surface area contributed by atoms with E-state index in [0.29, 0.717) is 22.7 Å². The van der Waals surface area contributed by atoms with Gasteiger partial charge in [0.15, 0.2) is 6.61 Å². The van der Waals surface area contributed by atoms with E-state index in [2.05, 4.69) is 21.2 Å². The van der Waals surface area contributed by atoms with Gasteiger partial charge in [0.1, 0.15) is 11.6 Å². The molecule has 1 aromatic carbocycles. The predicted octanol–water partition coefficient (Wildman–Crippen LogP) is 1.82. The van der Waals surface area contributed by atoms with Crippen molar-refractivity contribution >= 4 is 21.8 Å². The lowest BCUT2D eigenvalue weighted by Gasteiger charge is -2.12. The molecule has 0 aliphatic heterocycles. The molecule has 2 rings (SSSR count). The highest BCUT2D eigenvalue weighted by molar-refractivity contribution is 9.10. The fourth-order valence-electron chi connectivity index (χ4n) is 1.71. The number of hydrogen-bond donors (Lipinski definition) is 2. The van der Waals surface area contributed by atoms with E-state index in [9.17, 15) is 9.18 Å². The van der Waals surface area contributed by atoms with Gasteiger partial charge in [0.05, 0.1) is 4.47 Å². The number of nitrogens with two attached hydrogens (primary N) is 1. The number of halogens is 2. The quantitative estimate of drug-likeness (QED) is 0.836. The van der Waals surface area contributed by atoms with Crippen LogP contribution in [0.3, 0.4) is 0 Å². The van der Waals surface area contributed by atoms with Gasteiger partial charge in [-0.05, 0) is 52.9 Å². The molecule has 0 heterocycles. The molecule has 1 unspecified atom stereocenters. The average Bonchev–Trinajstić information content (AvgIpc) is 3.19. The third-order valence-corrected chi connectivity index (χ3v) is 3.63. The fraction of sp³-hybridized carbons (Fsp3) is 0.462. The molecule has 1 aliphatic carbocycles. The standard InChI is InChI=1S/C13H16BrFN2O2/c14-10-5-9(15)3-4-12(10)19-7-13(18)17-6-11(16)8-1-2-8/h3-5,8,11H,1-2,6-7,16H2,(H,17,18). The summed E-state index contributed by atoms with van der Waals surface area (Å²) < 4.78 is 18.6. The number of nitrogens with one attached hydrogen (secondary N) is 1. The zero-order chi connectivity index (χ0) is 13.8. The number of carbonyl (C=O) groups is 1. The highest BCUT2D eigenvalue weighted by Gasteiger charge is 2.28. The van der Waals surface area contributed by atoms with Crippen LogP contribution >= 0.6 is 15.9 Å². The van der Waals surface area contributed by atoms with Gasteiger partial charge in [-0.3, -0.25) is 4.79 Å². The minimum Gasteiger partial charge on any atom is -0.483 e. The second-order valence-electron chi connectivity index (χ2n) is 4.67. The number of ether oxygens (including phenoxy) is 1. The molecule has 1 aliphatic rings. The zero-order valence-corrected chi connectivity index (χ0v) is 12.0. The van der Waals surface area contributed by atoms with E-state index in [1.54, 1.807) is 0 Å². The minimum atomic E-state index is -0.362. The van der Waals surface area contributed by atoms with Crippen LogP contribution in [0.5, 0.6) is 5.75 Å². The average molecular weight is 331 g/mol.